The van der Waals surface area contributed by atoms with Crippen LogP contribution in [0.2, 0.25) is 0 Å². The Balaban J connectivity index is 2.00. The van der Waals surface area contributed by atoms with Crippen LogP contribution in [0.5, 0.6) is 0 Å². The van der Waals surface area contributed by atoms with Gasteiger partial charge in [0.2, 0.25) is 5.91 Å². The van der Waals surface area contributed by atoms with Gasteiger partial charge in [-0.05, 0) is 36.6 Å². The lowest BCUT2D eigenvalue weighted by Gasteiger charge is -2.11. The Labute approximate surface area is 111 Å². The van der Waals surface area contributed by atoms with E-state index in [9.17, 15) is 14.0 Å². The monoisotopic (exact) mass is 315 g/mol. The largest absolute Gasteiger partial charge is 0.480 e. The van der Waals surface area contributed by atoms with E-state index in [2.05, 4.69) is 21.2 Å². The Morgan fingerprint density at radius 1 is 1.39 bits per heavy atom. The van der Waals surface area contributed by atoms with Crippen LogP contribution in [0, 0.1) is 11.2 Å². The van der Waals surface area contributed by atoms with Crippen LogP contribution in [0.4, 0.5) is 4.39 Å². The molecule has 0 aromatic heterocycles. The Bertz CT molecular complexity index is 494. The van der Waals surface area contributed by atoms with Gasteiger partial charge in [-0.1, -0.05) is 15.9 Å². The molecule has 1 fully saturated rings. The predicted molar refractivity (Wildman–Crippen MR) is 65.2 cm³/mol. The van der Waals surface area contributed by atoms with Crippen molar-refractivity contribution < 1.29 is 19.1 Å². The molecule has 1 aromatic carbocycles. The summed E-state index contributed by atoms with van der Waals surface area (Å²) in [6.07, 6.45) is 0.724. The van der Waals surface area contributed by atoms with Crippen molar-refractivity contribution in [3.05, 3.63) is 34.1 Å². The summed E-state index contributed by atoms with van der Waals surface area (Å²) in [6, 6.07) is 4.28. The number of hydrogen-bond donors (Lipinski definition) is 2. The van der Waals surface area contributed by atoms with Gasteiger partial charge in [0, 0.05) is 11.0 Å². The second kappa shape index (κ2) is 4.68. The van der Waals surface area contributed by atoms with E-state index in [1.54, 1.807) is 6.07 Å². The van der Waals surface area contributed by atoms with Crippen LogP contribution in [0.1, 0.15) is 18.4 Å². The highest BCUT2D eigenvalue weighted by molar-refractivity contribution is 9.10. The Morgan fingerprint density at radius 3 is 2.56 bits per heavy atom. The smallest absolute Gasteiger partial charge is 0.319 e. The Kier molecular flexibility index (Phi) is 3.38. The third-order valence-corrected chi connectivity index (χ3v) is 3.43. The van der Waals surface area contributed by atoms with E-state index in [1.165, 1.54) is 12.1 Å². The van der Waals surface area contributed by atoms with Gasteiger partial charge in [-0.2, -0.15) is 0 Å². The summed E-state index contributed by atoms with van der Waals surface area (Å²) >= 11 is 3.15. The first-order chi connectivity index (χ1) is 8.44. The molecule has 0 spiro atoms. The lowest BCUT2D eigenvalue weighted by molar-refractivity contribution is -0.149. The third-order valence-electron chi connectivity index (χ3n) is 2.97. The zero-order valence-electron chi connectivity index (χ0n) is 9.37. The molecule has 0 aliphatic heterocycles. The molecule has 2 N–H and O–H groups in total. The fourth-order valence-corrected chi connectivity index (χ4v) is 2.24. The van der Waals surface area contributed by atoms with Crippen molar-refractivity contribution in [2.45, 2.75) is 19.4 Å². The minimum absolute atomic E-state index is 0.115. The first-order valence-electron chi connectivity index (χ1n) is 5.41. The topological polar surface area (TPSA) is 66.4 Å². The fraction of sp³-hybridized carbons (Fsp3) is 0.333. The van der Waals surface area contributed by atoms with E-state index in [4.69, 9.17) is 5.11 Å². The molecule has 1 amide bonds. The number of benzene rings is 1. The summed E-state index contributed by atoms with van der Waals surface area (Å²) in [5.41, 5.74) is -0.679. The number of carboxylic acid groups (broad SMARTS) is 1. The number of carbonyl (C=O) groups excluding carboxylic acids is 1. The zero-order chi connectivity index (χ0) is 13.3. The summed E-state index contributed by atoms with van der Waals surface area (Å²) in [5, 5.41) is 11.5. The van der Waals surface area contributed by atoms with Gasteiger partial charge >= 0.3 is 5.97 Å². The van der Waals surface area contributed by atoms with Crippen LogP contribution in [-0.2, 0) is 16.1 Å². The molecule has 1 aromatic rings. The van der Waals surface area contributed by atoms with Gasteiger partial charge in [-0.3, -0.25) is 9.59 Å². The maximum Gasteiger partial charge on any atom is 0.319 e. The highest BCUT2D eigenvalue weighted by Crippen LogP contribution is 2.46. The molecule has 96 valence electrons. The maximum atomic E-state index is 13.1. The first kappa shape index (κ1) is 13.0. The molecule has 2 rings (SSSR count). The van der Waals surface area contributed by atoms with Crippen molar-refractivity contribution in [1.29, 1.82) is 0 Å². The molecule has 0 saturated heterocycles. The number of carbonyl (C=O) groups is 2. The highest BCUT2D eigenvalue weighted by Gasteiger charge is 2.56. The quantitative estimate of drug-likeness (QED) is 0.836. The van der Waals surface area contributed by atoms with E-state index in [0.29, 0.717) is 22.9 Å². The Morgan fingerprint density at radius 2 is 2.06 bits per heavy atom. The van der Waals surface area contributed by atoms with Crippen molar-refractivity contribution in [2.24, 2.45) is 5.41 Å². The molecule has 1 aliphatic rings. The SMILES string of the molecule is O=C(O)C1(C(=O)NCc2cc(F)cc(Br)c2)CC1. The molecule has 0 unspecified atom stereocenters. The Hall–Kier alpha value is -1.43. The summed E-state index contributed by atoms with van der Waals surface area (Å²) in [6.45, 7) is 0.115. The van der Waals surface area contributed by atoms with Crippen LogP contribution in [0.25, 0.3) is 0 Å². The molecule has 0 atom stereocenters. The van der Waals surface area contributed by atoms with E-state index in [-0.39, 0.29) is 6.54 Å². The third kappa shape index (κ3) is 2.53. The van der Waals surface area contributed by atoms with Crippen molar-refractivity contribution in [3.8, 4) is 0 Å². The minimum atomic E-state index is -1.26. The van der Waals surface area contributed by atoms with E-state index >= 15 is 0 Å². The molecule has 0 bridgehead atoms. The van der Waals surface area contributed by atoms with Crippen LogP contribution >= 0.6 is 15.9 Å². The van der Waals surface area contributed by atoms with Crippen molar-refractivity contribution in [1.82, 2.24) is 5.32 Å². The van der Waals surface area contributed by atoms with Gasteiger partial charge < -0.3 is 10.4 Å². The molecule has 6 heteroatoms. The number of amides is 1. The summed E-state index contributed by atoms with van der Waals surface area (Å²) in [7, 11) is 0. The normalized spacial score (nSPS) is 16.1. The number of carboxylic acids is 1. The number of hydrogen-bond acceptors (Lipinski definition) is 2. The number of aliphatic carboxylic acids is 1. The van der Waals surface area contributed by atoms with Crippen molar-refractivity contribution in [2.75, 3.05) is 0 Å². The van der Waals surface area contributed by atoms with Crippen LogP contribution in [0.15, 0.2) is 22.7 Å². The van der Waals surface area contributed by atoms with Gasteiger partial charge in [0.05, 0.1) is 0 Å². The van der Waals surface area contributed by atoms with Crippen molar-refractivity contribution in [3.63, 3.8) is 0 Å². The molecule has 1 aliphatic carbocycles. The van der Waals surface area contributed by atoms with E-state index in [0.717, 1.165) is 0 Å². The summed E-state index contributed by atoms with van der Waals surface area (Å²) in [4.78, 5) is 22.6. The van der Waals surface area contributed by atoms with Crippen molar-refractivity contribution >= 4 is 27.8 Å². The maximum absolute atomic E-state index is 13.1. The summed E-state index contributed by atoms with van der Waals surface area (Å²) < 4.78 is 13.7. The van der Waals surface area contributed by atoms with Gasteiger partial charge in [0.25, 0.3) is 0 Å². The van der Waals surface area contributed by atoms with Gasteiger partial charge in [-0.25, -0.2) is 4.39 Å². The number of halogens is 2. The number of nitrogens with one attached hydrogen (secondary N) is 1. The highest BCUT2D eigenvalue weighted by atomic mass is 79.9. The second-order valence-electron chi connectivity index (χ2n) is 4.35. The van der Waals surface area contributed by atoms with E-state index < -0.39 is 23.1 Å². The molecule has 4 nitrogen and oxygen atoms in total. The molecule has 18 heavy (non-hydrogen) atoms. The predicted octanol–water partition coefficient (Wildman–Crippen LogP) is 2.07. The van der Waals surface area contributed by atoms with Gasteiger partial charge in [0.15, 0.2) is 0 Å². The van der Waals surface area contributed by atoms with Crippen LogP contribution < -0.4 is 5.32 Å². The van der Waals surface area contributed by atoms with Gasteiger partial charge in [0.1, 0.15) is 11.2 Å². The van der Waals surface area contributed by atoms with E-state index in [1.807, 2.05) is 0 Å². The zero-order valence-corrected chi connectivity index (χ0v) is 11.0. The standard InChI is InChI=1S/C12H11BrFNO3/c13-8-3-7(4-9(14)5-8)6-15-10(16)12(1-2-12)11(17)18/h3-5H,1-2,6H2,(H,15,16)(H,17,18). The lowest BCUT2D eigenvalue weighted by Crippen LogP contribution is -2.36. The number of rotatable bonds is 4. The second-order valence-corrected chi connectivity index (χ2v) is 5.26. The average molecular weight is 316 g/mol. The van der Waals surface area contributed by atoms with Gasteiger partial charge in [-0.15, -0.1) is 0 Å². The van der Waals surface area contributed by atoms with Crippen LogP contribution in [0.3, 0.4) is 0 Å². The molecular formula is C12H11BrFNO3. The molecule has 0 heterocycles. The summed E-state index contributed by atoms with van der Waals surface area (Å²) in [5.74, 6) is -2.01. The molecule has 0 radical (unpaired) electrons. The fourth-order valence-electron chi connectivity index (χ4n) is 1.73. The lowest BCUT2D eigenvalue weighted by atomic mass is 10.1. The van der Waals surface area contributed by atoms with Crippen LogP contribution in [-0.4, -0.2) is 17.0 Å². The first-order valence-corrected chi connectivity index (χ1v) is 6.20. The molecular weight excluding hydrogens is 305 g/mol. The minimum Gasteiger partial charge on any atom is -0.480 e. The molecule has 1 saturated carbocycles. The average Bonchev–Trinajstić information content (AvgIpc) is 3.05.